The van der Waals surface area contributed by atoms with E-state index in [4.69, 9.17) is 9.40 Å². The lowest BCUT2D eigenvalue weighted by Gasteiger charge is -2.11. The molecule has 0 saturated heterocycles. The van der Waals surface area contributed by atoms with Gasteiger partial charge in [0.25, 0.3) is 5.69 Å². The first-order valence-corrected chi connectivity index (χ1v) is 10.2. The van der Waals surface area contributed by atoms with Crippen LogP contribution in [0.5, 0.6) is 0 Å². The van der Waals surface area contributed by atoms with Crippen molar-refractivity contribution < 1.29 is 9.34 Å². The first-order valence-electron chi connectivity index (χ1n) is 10.2. The van der Waals surface area contributed by atoms with Crippen molar-refractivity contribution in [2.24, 2.45) is 0 Å². The maximum atomic E-state index is 11.0. The number of hydrogen-bond acceptors (Lipinski definition) is 4. The topological polar surface area (TPSA) is 69.2 Å². The zero-order valence-electron chi connectivity index (χ0n) is 16.9. The van der Waals surface area contributed by atoms with Crippen LogP contribution < -0.4 is 0 Å². The third-order valence-electron chi connectivity index (χ3n) is 5.76. The van der Waals surface area contributed by atoms with Crippen LogP contribution in [0.25, 0.3) is 55.2 Å². The van der Waals surface area contributed by atoms with Crippen molar-refractivity contribution >= 4 is 38.3 Å². The summed E-state index contributed by atoms with van der Waals surface area (Å²) in [7, 11) is 0. The molecule has 2 aromatic heterocycles. The molecule has 0 amide bonds. The van der Waals surface area contributed by atoms with E-state index in [0.717, 1.165) is 55.2 Å². The number of fused-ring (bicyclic) bond motifs is 4. The summed E-state index contributed by atoms with van der Waals surface area (Å²) < 4.78 is 6.24. The number of benzene rings is 4. The molecule has 2 heterocycles. The highest BCUT2D eigenvalue weighted by molar-refractivity contribution is 6.13. The van der Waals surface area contributed by atoms with E-state index >= 15 is 0 Å². The molecule has 0 fully saturated rings. The lowest BCUT2D eigenvalue weighted by molar-refractivity contribution is -0.384. The van der Waals surface area contributed by atoms with Crippen molar-refractivity contribution in [1.82, 2.24) is 4.98 Å². The van der Waals surface area contributed by atoms with E-state index in [0.29, 0.717) is 0 Å². The molecule has 0 aliphatic heterocycles. The quantitative estimate of drug-likeness (QED) is 0.171. The molecular formula is C27H16N2O3. The van der Waals surface area contributed by atoms with Gasteiger partial charge in [0.2, 0.25) is 0 Å². The Bertz CT molecular complexity index is 1620. The summed E-state index contributed by atoms with van der Waals surface area (Å²) in [6.45, 7) is 0. The number of furan rings is 1. The van der Waals surface area contributed by atoms with E-state index < -0.39 is 4.92 Å². The fraction of sp³-hybridized carbons (Fsp3) is 0. The largest absolute Gasteiger partial charge is 0.456 e. The number of pyridine rings is 1. The van der Waals surface area contributed by atoms with Gasteiger partial charge in [-0.2, -0.15) is 0 Å². The highest BCUT2D eigenvalue weighted by atomic mass is 16.6. The average Bonchev–Trinajstić information content (AvgIpc) is 3.27. The first-order chi connectivity index (χ1) is 15.7. The van der Waals surface area contributed by atoms with E-state index in [9.17, 15) is 10.1 Å². The van der Waals surface area contributed by atoms with E-state index in [1.54, 1.807) is 12.1 Å². The van der Waals surface area contributed by atoms with Crippen molar-refractivity contribution in [3.8, 4) is 22.6 Å². The molecule has 0 saturated carbocycles. The summed E-state index contributed by atoms with van der Waals surface area (Å²) in [4.78, 5) is 15.5. The molecule has 152 valence electrons. The van der Waals surface area contributed by atoms with Gasteiger partial charge >= 0.3 is 0 Å². The minimum Gasteiger partial charge on any atom is -0.456 e. The Morgan fingerprint density at radius 1 is 0.781 bits per heavy atom. The maximum absolute atomic E-state index is 11.0. The summed E-state index contributed by atoms with van der Waals surface area (Å²) in [6, 6.07) is 30.8. The molecule has 0 aliphatic rings. The highest BCUT2D eigenvalue weighted by Crippen LogP contribution is 2.38. The monoisotopic (exact) mass is 416 g/mol. The van der Waals surface area contributed by atoms with E-state index in [2.05, 4.69) is 18.2 Å². The third-order valence-corrected chi connectivity index (χ3v) is 5.76. The summed E-state index contributed by atoms with van der Waals surface area (Å²) >= 11 is 0. The Hall–Kier alpha value is -4.51. The van der Waals surface area contributed by atoms with Crippen LogP contribution in [0, 0.1) is 10.1 Å². The lowest BCUT2D eigenvalue weighted by Crippen LogP contribution is -1.92. The maximum Gasteiger partial charge on any atom is 0.269 e. The number of para-hydroxylation sites is 1. The SMILES string of the molecule is O=[N+]([O-])c1ccc(-c2cc(-c3cc4ccccc4o3)c3c(ccc4ccccc43)n2)cc1. The Morgan fingerprint density at radius 2 is 1.53 bits per heavy atom. The van der Waals surface area contributed by atoms with Gasteiger partial charge in [-0.15, -0.1) is 0 Å². The Balaban J connectivity index is 1.66. The molecule has 6 aromatic rings. The predicted molar refractivity (Wildman–Crippen MR) is 127 cm³/mol. The van der Waals surface area contributed by atoms with Crippen molar-refractivity contribution in [2.45, 2.75) is 0 Å². The van der Waals surface area contributed by atoms with Crippen molar-refractivity contribution in [3.63, 3.8) is 0 Å². The average molecular weight is 416 g/mol. The number of nitrogens with zero attached hydrogens (tertiary/aromatic N) is 2. The minimum atomic E-state index is -0.399. The number of rotatable bonds is 3. The molecule has 0 atom stereocenters. The van der Waals surface area contributed by atoms with Crippen molar-refractivity contribution in [2.75, 3.05) is 0 Å². The standard InChI is InChI=1S/C27H16N2O3/c30-29(31)20-12-9-18(10-13-20)24-16-22(26-15-19-6-2-4-8-25(19)32-26)27-21-7-3-1-5-17(21)11-14-23(27)28-24/h1-16H. The highest BCUT2D eigenvalue weighted by Gasteiger charge is 2.16. The Morgan fingerprint density at radius 3 is 2.31 bits per heavy atom. The Labute approximate surface area is 182 Å². The van der Waals surface area contributed by atoms with Crippen molar-refractivity contribution in [1.29, 1.82) is 0 Å². The number of aromatic nitrogens is 1. The molecule has 0 bridgehead atoms. The van der Waals surface area contributed by atoms with Crippen LogP contribution in [0.3, 0.4) is 0 Å². The molecule has 6 rings (SSSR count). The molecule has 4 aromatic carbocycles. The second-order valence-corrected chi connectivity index (χ2v) is 7.69. The molecule has 0 unspecified atom stereocenters. The first kappa shape index (κ1) is 18.3. The second kappa shape index (κ2) is 7.03. The van der Waals surface area contributed by atoms with Crippen LogP contribution in [0.2, 0.25) is 0 Å². The number of nitro benzene ring substituents is 1. The van der Waals surface area contributed by atoms with Gasteiger partial charge in [-0.05, 0) is 47.2 Å². The van der Waals surface area contributed by atoms with E-state index in [-0.39, 0.29) is 5.69 Å². The van der Waals surface area contributed by atoms with Crippen molar-refractivity contribution in [3.05, 3.63) is 107 Å². The smallest absolute Gasteiger partial charge is 0.269 e. The number of nitro groups is 1. The van der Waals surface area contributed by atoms with Crippen LogP contribution in [-0.2, 0) is 0 Å². The van der Waals surface area contributed by atoms with Crippen LogP contribution in [-0.4, -0.2) is 9.91 Å². The van der Waals surface area contributed by atoms with Gasteiger partial charge in [-0.25, -0.2) is 4.98 Å². The summed E-state index contributed by atoms with van der Waals surface area (Å²) in [5.74, 6) is 0.762. The lowest BCUT2D eigenvalue weighted by atomic mass is 9.97. The van der Waals surface area contributed by atoms with E-state index in [1.807, 2.05) is 54.6 Å². The molecule has 0 radical (unpaired) electrons. The molecule has 0 N–H and O–H groups in total. The third kappa shape index (κ3) is 2.91. The summed E-state index contributed by atoms with van der Waals surface area (Å²) in [5.41, 5.74) is 4.20. The van der Waals surface area contributed by atoms with Gasteiger partial charge in [-0.3, -0.25) is 10.1 Å². The van der Waals surface area contributed by atoms with Gasteiger partial charge in [0, 0.05) is 34.0 Å². The van der Waals surface area contributed by atoms with Gasteiger partial charge in [0.05, 0.1) is 16.1 Å². The summed E-state index contributed by atoms with van der Waals surface area (Å²) in [5, 5.41) is 15.3. The van der Waals surface area contributed by atoms with Crippen LogP contribution in [0.4, 0.5) is 5.69 Å². The molecular weight excluding hydrogens is 400 g/mol. The van der Waals surface area contributed by atoms with Crippen LogP contribution in [0.1, 0.15) is 0 Å². The summed E-state index contributed by atoms with van der Waals surface area (Å²) in [6.07, 6.45) is 0. The predicted octanol–water partition coefficient (Wildman–Crippen LogP) is 7.38. The normalized spacial score (nSPS) is 11.4. The Kier molecular flexibility index (Phi) is 4.01. The fourth-order valence-electron chi connectivity index (χ4n) is 4.22. The van der Waals surface area contributed by atoms with E-state index in [1.165, 1.54) is 12.1 Å². The molecule has 5 heteroatoms. The van der Waals surface area contributed by atoms with Gasteiger partial charge in [-0.1, -0.05) is 48.5 Å². The zero-order valence-corrected chi connectivity index (χ0v) is 16.9. The molecule has 0 aliphatic carbocycles. The van der Waals surface area contributed by atoms with Gasteiger partial charge in [0.15, 0.2) is 0 Å². The second-order valence-electron chi connectivity index (χ2n) is 7.69. The van der Waals surface area contributed by atoms with Crippen LogP contribution >= 0.6 is 0 Å². The van der Waals surface area contributed by atoms with Gasteiger partial charge in [0.1, 0.15) is 11.3 Å². The molecule has 32 heavy (non-hydrogen) atoms. The fourth-order valence-corrected chi connectivity index (χ4v) is 4.22. The zero-order chi connectivity index (χ0) is 21.7. The number of hydrogen-bond donors (Lipinski definition) is 0. The molecule has 5 nitrogen and oxygen atoms in total. The minimum absolute atomic E-state index is 0.0537. The molecule has 0 spiro atoms. The number of non-ortho nitro benzene ring substituents is 1. The van der Waals surface area contributed by atoms with Gasteiger partial charge < -0.3 is 4.42 Å². The van der Waals surface area contributed by atoms with Crippen LogP contribution in [0.15, 0.2) is 101 Å².